The fourth-order valence-corrected chi connectivity index (χ4v) is 3.94. The molecule has 3 nitrogen and oxygen atoms in total. The zero-order chi connectivity index (χ0) is 17.4. The second kappa shape index (κ2) is 6.57. The van der Waals surface area contributed by atoms with E-state index in [1.54, 1.807) is 0 Å². The highest BCUT2D eigenvalue weighted by molar-refractivity contribution is 6.30. The molecular formula is C21H21ClN2O. The molecule has 4 heteroatoms. The largest absolute Gasteiger partial charge is 0.347 e. The number of likely N-dealkylation sites (tertiary alicyclic amines) is 1. The van der Waals surface area contributed by atoms with Crippen LogP contribution in [0.5, 0.6) is 0 Å². The van der Waals surface area contributed by atoms with Crippen molar-refractivity contribution < 1.29 is 4.79 Å². The van der Waals surface area contributed by atoms with Gasteiger partial charge in [-0.3, -0.25) is 4.79 Å². The van der Waals surface area contributed by atoms with Crippen LogP contribution in [0.2, 0.25) is 5.02 Å². The van der Waals surface area contributed by atoms with Gasteiger partial charge in [0.2, 0.25) is 5.91 Å². The highest BCUT2D eigenvalue weighted by atomic mass is 35.5. The average molecular weight is 353 g/mol. The molecule has 0 saturated carbocycles. The number of aromatic nitrogens is 1. The highest BCUT2D eigenvalue weighted by Gasteiger charge is 2.29. The van der Waals surface area contributed by atoms with E-state index in [1.165, 1.54) is 16.6 Å². The van der Waals surface area contributed by atoms with E-state index in [1.807, 2.05) is 29.2 Å². The molecule has 1 aliphatic rings. The Kier molecular flexibility index (Phi) is 4.26. The van der Waals surface area contributed by atoms with Gasteiger partial charge in [-0.2, -0.15) is 0 Å². The number of carbonyl (C=O) groups is 1. The van der Waals surface area contributed by atoms with Gasteiger partial charge in [0, 0.05) is 42.3 Å². The molecule has 1 saturated heterocycles. The van der Waals surface area contributed by atoms with Crippen molar-refractivity contribution in [2.45, 2.75) is 18.8 Å². The fourth-order valence-electron chi connectivity index (χ4n) is 3.82. The van der Waals surface area contributed by atoms with Crippen LogP contribution >= 0.6 is 11.6 Å². The van der Waals surface area contributed by atoms with E-state index in [9.17, 15) is 4.79 Å². The normalized spacial score (nSPS) is 17.4. The average Bonchev–Trinajstić information content (AvgIpc) is 3.22. The highest BCUT2D eigenvalue weighted by Crippen LogP contribution is 2.31. The number of hydrogen-bond acceptors (Lipinski definition) is 1. The lowest BCUT2D eigenvalue weighted by atomic mass is 10.0. The molecule has 3 aromatic rings. The van der Waals surface area contributed by atoms with Crippen LogP contribution in [0.1, 0.15) is 23.6 Å². The molecule has 0 bridgehead atoms. The van der Waals surface area contributed by atoms with Gasteiger partial charge in [-0.1, -0.05) is 41.9 Å². The molecule has 2 heterocycles. The molecule has 1 aromatic heterocycles. The lowest BCUT2D eigenvalue weighted by Gasteiger charge is -2.17. The predicted molar refractivity (Wildman–Crippen MR) is 102 cm³/mol. The summed E-state index contributed by atoms with van der Waals surface area (Å²) in [7, 11) is 2.12. The molecule has 128 valence electrons. The molecular weight excluding hydrogens is 332 g/mol. The van der Waals surface area contributed by atoms with Crippen LogP contribution in [0.4, 0.5) is 0 Å². The van der Waals surface area contributed by atoms with Crippen LogP contribution in [-0.2, 0) is 18.3 Å². The lowest BCUT2D eigenvalue weighted by Crippen LogP contribution is -2.30. The van der Waals surface area contributed by atoms with Crippen molar-refractivity contribution in [3.8, 4) is 0 Å². The van der Waals surface area contributed by atoms with Crippen LogP contribution in [0.15, 0.2) is 54.6 Å². The van der Waals surface area contributed by atoms with E-state index >= 15 is 0 Å². The van der Waals surface area contributed by atoms with Gasteiger partial charge in [-0.05, 0) is 41.6 Å². The third-order valence-electron chi connectivity index (χ3n) is 5.22. The maximum Gasteiger partial charge on any atom is 0.227 e. The molecule has 0 spiro atoms. The maximum absolute atomic E-state index is 12.6. The van der Waals surface area contributed by atoms with Crippen molar-refractivity contribution in [3.63, 3.8) is 0 Å². The Morgan fingerprint density at radius 3 is 2.68 bits per heavy atom. The van der Waals surface area contributed by atoms with Gasteiger partial charge in [0.15, 0.2) is 0 Å². The lowest BCUT2D eigenvalue weighted by molar-refractivity contribution is -0.129. The Balaban J connectivity index is 1.47. The van der Waals surface area contributed by atoms with E-state index in [-0.39, 0.29) is 5.91 Å². The topological polar surface area (TPSA) is 25.2 Å². The van der Waals surface area contributed by atoms with Crippen molar-refractivity contribution in [3.05, 3.63) is 70.9 Å². The minimum atomic E-state index is 0.198. The van der Waals surface area contributed by atoms with E-state index in [4.69, 9.17) is 11.6 Å². The Hall–Kier alpha value is -2.26. The Bertz CT molecular complexity index is 913. The van der Waals surface area contributed by atoms with Gasteiger partial charge >= 0.3 is 0 Å². The Morgan fingerprint density at radius 1 is 1.16 bits per heavy atom. The van der Waals surface area contributed by atoms with Crippen molar-refractivity contribution in [1.29, 1.82) is 0 Å². The minimum Gasteiger partial charge on any atom is -0.347 e. The number of rotatable bonds is 3. The van der Waals surface area contributed by atoms with Crippen LogP contribution in [0, 0.1) is 0 Å². The molecule has 1 unspecified atom stereocenters. The number of benzene rings is 2. The summed E-state index contributed by atoms with van der Waals surface area (Å²) in [5.41, 5.74) is 3.59. The molecule has 2 aromatic carbocycles. The molecule has 1 amide bonds. The molecule has 1 atom stereocenters. The van der Waals surface area contributed by atoms with Crippen molar-refractivity contribution in [2.24, 2.45) is 7.05 Å². The van der Waals surface area contributed by atoms with E-state index in [0.717, 1.165) is 25.1 Å². The first-order valence-electron chi connectivity index (χ1n) is 8.68. The van der Waals surface area contributed by atoms with Crippen LogP contribution < -0.4 is 0 Å². The zero-order valence-electron chi connectivity index (χ0n) is 14.3. The first kappa shape index (κ1) is 16.2. The summed E-state index contributed by atoms with van der Waals surface area (Å²) in [4.78, 5) is 14.6. The van der Waals surface area contributed by atoms with Gasteiger partial charge in [0.1, 0.15) is 0 Å². The first-order chi connectivity index (χ1) is 12.1. The van der Waals surface area contributed by atoms with Crippen LogP contribution in [-0.4, -0.2) is 28.5 Å². The zero-order valence-corrected chi connectivity index (χ0v) is 15.0. The summed E-state index contributed by atoms with van der Waals surface area (Å²) in [6.45, 7) is 1.63. The van der Waals surface area contributed by atoms with Gasteiger partial charge in [-0.15, -0.1) is 0 Å². The number of amides is 1. The molecule has 0 N–H and O–H groups in total. The summed E-state index contributed by atoms with van der Waals surface area (Å²) in [5, 5.41) is 1.97. The summed E-state index contributed by atoms with van der Waals surface area (Å²) in [5.74, 6) is 0.607. The number of para-hydroxylation sites is 1. The summed E-state index contributed by atoms with van der Waals surface area (Å²) < 4.78 is 2.27. The standard InChI is InChI=1S/C21H21ClN2O/c1-23-19-5-3-2-4-16(19)13-20(23)17-10-11-24(14-17)21(25)12-15-6-8-18(22)9-7-15/h2-9,13,17H,10-12,14H2,1H3. The predicted octanol–water partition coefficient (Wildman–Crippen LogP) is 4.39. The van der Waals surface area contributed by atoms with E-state index in [0.29, 0.717) is 17.4 Å². The first-order valence-corrected chi connectivity index (χ1v) is 9.06. The van der Waals surface area contributed by atoms with Crippen molar-refractivity contribution in [2.75, 3.05) is 13.1 Å². The molecule has 4 rings (SSSR count). The quantitative estimate of drug-likeness (QED) is 0.686. The fraction of sp³-hybridized carbons (Fsp3) is 0.286. The smallest absolute Gasteiger partial charge is 0.227 e. The minimum absolute atomic E-state index is 0.198. The molecule has 1 fully saturated rings. The summed E-state index contributed by atoms with van der Waals surface area (Å²) in [6, 6.07) is 18.3. The van der Waals surface area contributed by atoms with E-state index < -0.39 is 0 Å². The third kappa shape index (κ3) is 3.16. The number of carbonyl (C=O) groups excluding carboxylic acids is 1. The monoisotopic (exact) mass is 352 g/mol. The second-order valence-electron chi connectivity index (χ2n) is 6.82. The second-order valence-corrected chi connectivity index (χ2v) is 7.25. The molecule has 0 aliphatic carbocycles. The van der Waals surface area contributed by atoms with Gasteiger partial charge in [-0.25, -0.2) is 0 Å². The number of nitrogens with zero attached hydrogens (tertiary/aromatic N) is 2. The summed E-state index contributed by atoms with van der Waals surface area (Å²) >= 11 is 5.91. The van der Waals surface area contributed by atoms with Gasteiger partial charge < -0.3 is 9.47 Å². The Morgan fingerprint density at radius 2 is 1.92 bits per heavy atom. The number of hydrogen-bond donors (Lipinski definition) is 0. The van der Waals surface area contributed by atoms with Crippen molar-refractivity contribution >= 4 is 28.4 Å². The number of fused-ring (bicyclic) bond motifs is 1. The number of halogens is 1. The van der Waals surface area contributed by atoms with Crippen molar-refractivity contribution in [1.82, 2.24) is 9.47 Å². The maximum atomic E-state index is 12.6. The third-order valence-corrected chi connectivity index (χ3v) is 5.47. The van der Waals surface area contributed by atoms with Gasteiger partial charge in [0.05, 0.1) is 6.42 Å². The molecule has 0 radical (unpaired) electrons. The van der Waals surface area contributed by atoms with Crippen LogP contribution in [0.3, 0.4) is 0 Å². The molecule has 1 aliphatic heterocycles. The molecule has 25 heavy (non-hydrogen) atoms. The van der Waals surface area contributed by atoms with Crippen LogP contribution in [0.25, 0.3) is 10.9 Å². The SMILES string of the molecule is Cn1c(C2CCN(C(=O)Cc3ccc(Cl)cc3)C2)cc2ccccc21. The van der Waals surface area contributed by atoms with E-state index in [2.05, 4.69) is 41.9 Å². The summed E-state index contributed by atoms with van der Waals surface area (Å²) in [6.07, 6.45) is 1.47. The number of aryl methyl sites for hydroxylation is 1. The van der Waals surface area contributed by atoms with Gasteiger partial charge in [0.25, 0.3) is 0 Å². The Labute approximate surface area is 152 Å².